The maximum atomic E-state index is 5.34. The number of aromatic nitrogens is 3. The van der Waals surface area contributed by atoms with E-state index in [1.165, 1.54) is 22.4 Å². The van der Waals surface area contributed by atoms with Crippen molar-refractivity contribution in [3.05, 3.63) is 204 Å². The van der Waals surface area contributed by atoms with Gasteiger partial charge in [0.15, 0.2) is 11.6 Å². The van der Waals surface area contributed by atoms with Crippen molar-refractivity contribution in [3.63, 3.8) is 0 Å². The summed E-state index contributed by atoms with van der Waals surface area (Å²) in [5, 5.41) is 0. The SMILES string of the molecule is C1=C2CC(=CC3=CC45CC4(C=C13)c1ccccc1N5c1nc(-c3ccccc3)nc(-c3ccccc3)n1)N(c1ccccc1)C(c1ccccc1)=N2. The fourth-order valence-electron chi connectivity index (χ4n) is 8.70. The van der Waals surface area contributed by atoms with E-state index in [9.17, 15) is 0 Å². The van der Waals surface area contributed by atoms with Crippen LogP contribution < -0.4 is 9.80 Å². The van der Waals surface area contributed by atoms with Gasteiger partial charge in [0.2, 0.25) is 5.95 Å². The molecule has 0 N–H and O–H groups in total. The zero-order valence-corrected chi connectivity index (χ0v) is 28.3. The van der Waals surface area contributed by atoms with Gasteiger partial charge in [0.05, 0.1) is 5.54 Å². The number of benzene rings is 5. The molecule has 246 valence electrons. The molecule has 2 unspecified atom stereocenters. The number of aliphatic imine (C=N–C) groups is 1. The largest absolute Gasteiger partial charge is 0.299 e. The third kappa shape index (κ3) is 4.24. The molecule has 6 nitrogen and oxygen atoms in total. The van der Waals surface area contributed by atoms with E-state index in [1.54, 1.807) is 0 Å². The Morgan fingerprint density at radius 1 is 0.538 bits per heavy atom. The molecule has 11 rings (SSSR count). The first-order chi connectivity index (χ1) is 25.7. The third-order valence-corrected chi connectivity index (χ3v) is 11.0. The number of fused-ring (bicyclic) bond motifs is 4. The van der Waals surface area contributed by atoms with Crippen LogP contribution in [0, 0.1) is 0 Å². The summed E-state index contributed by atoms with van der Waals surface area (Å²) in [7, 11) is 0. The lowest BCUT2D eigenvalue weighted by Gasteiger charge is -2.33. The summed E-state index contributed by atoms with van der Waals surface area (Å²) in [5.41, 5.74) is 10.6. The first-order valence-corrected chi connectivity index (χ1v) is 17.8. The minimum absolute atomic E-state index is 0.214. The van der Waals surface area contributed by atoms with Gasteiger partial charge in [-0.05, 0) is 59.6 Å². The van der Waals surface area contributed by atoms with Gasteiger partial charge in [-0.15, -0.1) is 0 Å². The van der Waals surface area contributed by atoms with E-state index < -0.39 is 0 Å². The number of hydrogen-bond acceptors (Lipinski definition) is 6. The molecule has 1 saturated carbocycles. The first-order valence-electron chi connectivity index (χ1n) is 17.8. The van der Waals surface area contributed by atoms with E-state index in [1.807, 2.05) is 36.4 Å². The van der Waals surface area contributed by atoms with E-state index in [0.717, 1.165) is 52.4 Å². The summed E-state index contributed by atoms with van der Waals surface area (Å²) in [4.78, 5) is 25.6. The Morgan fingerprint density at radius 2 is 1.12 bits per heavy atom. The van der Waals surface area contributed by atoms with Crippen LogP contribution in [0.25, 0.3) is 22.8 Å². The Balaban J connectivity index is 1.11. The summed E-state index contributed by atoms with van der Waals surface area (Å²) < 4.78 is 0. The van der Waals surface area contributed by atoms with E-state index in [0.29, 0.717) is 17.6 Å². The molecule has 2 atom stereocenters. The standard InChI is InChI=1S/C46H32N6/c1-5-15-31(16-6-1)41-48-42(32-17-7-2-8-18-32)50-44(49-41)52-40-24-14-13-23-39(40)45-28-34-25-36-27-38(26-35(34)29-46(45,52)30-45)51(37-21-11-4-12-22-37)43(47-36)33-19-9-3-10-20-33/h1-26,28-29H,27,30H2. The lowest BCUT2D eigenvalue weighted by Crippen LogP contribution is -2.36. The molecule has 2 aliphatic heterocycles. The van der Waals surface area contributed by atoms with Gasteiger partial charge in [-0.1, -0.05) is 133 Å². The van der Waals surface area contributed by atoms with Crippen molar-refractivity contribution in [1.82, 2.24) is 15.0 Å². The quantitative estimate of drug-likeness (QED) is 0.183. The molecule has 0 spiro atoms. The summed E-state index contributed by atoms with van der Waals surface area (Å²) in [6.45, 7) is 0. The highest BCUT2D eigenvalue weighted by atomic mass is 15.4. The van der Waals surface area contributed by atoms with Crippen LogP contribution in [0.3, 0.4) is 0 Å². The average molecular weight is 669 g/mol. The fraction of sp³-hybridized carbons (Fsp3) is 0.0870. The van der Waals surface area contributed by atoms with Gasteiger partial charge in [-0.25, -0.2) is 9.98 Å². The number of allylic oxidation sites excluding steroid dienone is 4. The van der Waals surface area contributed by atoms with Gasteiger partial charge < -0.3 is 0 Å². The van der Waals surface area contributed by atoms with E-state index in [-0.39, 0.29) is 11.0 Å². The molecule has 6 heteroatoms. The van der Waals surface area contributed by atoms with Crippen LogP contribution in [0.15, 0.2) is 197 Å². The zero-order chi connectivity index (χ0) is 34.3. The number of rotatable bonds is 5. The highest BCUT2D eigenvalue weighted by Gasteiger charge is 2.76. The zero-order valence-electron chi connectivity index (χ0n) is 28.3. The van der Waals surface area contributed by atoms with Gasteiger partial charge in [0, 0.05) is 51.3 Å². The van der Waals surface area contributed by atoms with Crippen LogP contribution in [-0.4, -0.2) is 26.3 Å². The number of para-hydroxylation sites is 2. The molecular weight excluding hydrogens is 637 g/mol. The predicted molar refractivity (Wildman–Crippen MR) is 207 cm³/mol. The van der Waals surface area contributed by atoms with Crippen molar-refractivity contribution in [2.45, 2.75) is 23.8 Å². The highest BCUT2D eigenvalue weighted by Crippen LogP contribution is 2.74. The van der Waals surface area contributed by atoms with Crippen LogP contribution in [-0.2, 0) is 5.41 Å². The Kier molecular flexibility index (Phi) is 6.11. The van der Waals surface area contributed by atoms with Crippen molar-refractivity contribution >= 4 is 23.2 Å². The molecule has 3 heterocycles. The van der Waals surface area contributed by atoms with Gasteiger partial charge >= 0.3 is 0 Å². The van der Waals surface area contributed by atoms with E-state index in [4.69, 9.17) is 19.9 Å². The molecule has 1 fully saturated rings. The second kappa shape index (κ2) is 10.9. The number of anilines is 3. The van der Waals surface area contributed by atoms with Gasteiger partial charge in [0.1, 0.15) is 5.84 Å². The Bertz CT molecular complexity index is 2510. The van der Waals surface area contributed by atoms with Crippen molar-refractivity contribution < 1.29 is 0 Å². The molecule has 1 aromatic heterocycles. The summed E-state index contributed by atoms with van der Waals surface area (Å²) in [6, 6.07) is 50.3. The Hall–Kier alpha value is -6.66. The molecule has 0 amide bonds. The Labute approximate surface area is 302 Å². The topological polar surface area (TPSA) is 57.5 Å². The molecule has 0 radical (unpaired) electrons. The van der Waals surface area contributed by atoms with Crippen molar-refractivity contribution in [2.24, 2.45) is 4.99 Å². The van der Waals surface area contributed by atoms with Crippen molar-refractivity contribution in [1.29, 1.82) is 0 Å². The predicted octanol–water partition coefficient (Wildman–Crippen LogP) is 9.74. The van der Waals surface area contributed by atoms with Gasteiger partial charge in [0.25, 0.3) is 0 Å². The van der Waals surface area contributed by atoms with E-state index >= 15 is 0 Å². The molecule has 3 aliphatic carbocycles. The highest BCUT2D eigenvalue weighted by molar-refractivity contribution is 6.13. The monoisotopic (exact) mass is 668 g/mol. The summed E-state index contributed by atoms with van der Waals surface area (Å²) >= 11 is 0. The lowest BCUT2D eigenvalue weighted by atomic mass is 9.84. The second-order valence-electron chi connectivity index (χ2n) is 14.1. The Morgan fingerprint density at radius 3 is 1.79 bits per heavy atom. The molecule has 2 bridgehead atoms. The minimum Gasteiger partial charge on any atom is -0.299 e. The van der Waals surface area contributed by atoms with Gasteiger partial charge in [-0.3, -0.25) is 9.80 Å². The number of amidine groups is 1. The van der Waals surface area contributed by atoms with Crippen LogP contribution >= 0.6 is 0 Å². The molecule has 6 aromatic rings. The number of nitrogens with zero attached hydrogens (tertiary/aromatic N) is 6. The first kappa shape index (κ1) is 29.1. The molecule has 0 saturated heterocycles. The molecular formula is C46H32N6. The smallest absolute Gasteiger partial charge is 0.234 e. The van der Waals surface area contributed by atoms with Crippen LogP contribution in [0.1, 0.15) is 24.0 Å². The molecule has 52 heavy (non-hydrogen) atoms. The average Bonchev–Trinajstić information content (AvgIpc) is 3.84. The fourth-order valence-corrected chi connectivity index (χ4v) is 8.70. The molecule has 5 aromatic carbocycles. The molecule has 5 aliphatic rings. The summed E-state index contributed by atoms with van der Waals surface area (Å²) in [6.07, 6.45) is 11.4. The van der Waals surface area contributed by atoms with E-state index in [2.05, 4.69) is 143 Å². The van der Waals surface area contributed by atoms with Crippen LogP contribution in [0.5, 0.6) is 0 Å². The number of hydrogen-bond donors (Lipinski definition) is 0. The summed E-state index contributed by atoms with van der Waals surface area (Å²) in [5.74, 6) is 2.93. The van der Waals surface area contributed by atoms with Crippen molar-refractivity contribution in [3.8, 4) is 22.8 Å². The third-order valence-electron chi connectivity index (χ3n) is 11.0. The van der Waals surface area contributed by atoms with Gasteiger partial charge in [-0.2, -0.15) is 9.97 Å². The van der Waals surface area contributed by atoms with Crippen LogP contribution in [0.2, 0.25) is 0 Å². The maximum absolute atomic E-state index is 5.34. The lowest BCUT2D eigenvalue weighted by molar-refractivity contribution is 0.715. The maximum Gasteiger partial charge on any atom is 0.234 e. The second-order valence-corrected chi connectivity index (χ2v) is 14.1. The normalized spacial score (nSPS) is 22.0. The van der Waals surface area contributed by atoms with Crippen LogP contribution in [0.4, 0.5) is 17.3 Å². The minimum atomic E-state index is -0.368. The van der Waals surface area contributed by atoms with Crippen molar-refractivity contribution in [2.75, 3.05) is 9.80 Å².